The first-order chi connectivity index (χ1) is 8.97. The van der Waals surface area contributed by atoms with E-state index in [0.29, 0.717) is 12.0 Å². The van der Waals surface area contributed by atoms with Crippen molar-refractivity contribution in [1.82, 2.24) is 4.90 Å². The van der Waals surface area contributed by atoms with Crippen LogP contribution in [0, 0.1) is 0 Å². The van der Waals surface area contributed by atoms with Crippen LogP contribution in [0.4, 0.5) is 0 Å². The molecule has 0 aliphatic rings. The quantitative estimate of drug-likeness (QED) is 0.763. The van der Waals surface area contributed by atoms with Crippen LogP contribution in [-0.4, -0.2) is 35.2 Å². The molecule has 2 N–H and O–H groups in total. The number of carbonyl (C=O) groups is 2. The molecule has 4 heteroatoms. The normalized spacial score (nSPS) is 12.7. The van der Waals surface area contributed by atoms with Gasteiger partial charge in [-0.3, -0.25) is 14.5 Å². The van der Waals surface area contributed by atoms with E-state index in [1.54, 1.807) is 12.1 Å². The lowest BCUT2D eigenvalue weighted by Crippen LogP contribution is -2.48. The zero-order valence-corrected chi connectivity index (χ0v) is 11.8. The molecule has 0 aliphatic heterocycles. The van der Waals surface area contributed by atoms with E-state index in [-0.39, 0.29) is 24.4 Å². The van der Waals surface area contributed by atoms with Crippen molar-refractivity contribution < 1.29 is 9.59 Å². The number of amides is 1. The molecule has 19 heavy (non-hydrogen) atoms. The number of nitrogens with two attached hydrogens (primary N) is 1. The van der Waals surface area contributed by atoms with Gasteiger partial charge in [-0.1, -0.05) is 37.3 Å². The molecule has 1 rings (SSSR count). The maximum Gasteiger partial charge on any atom is 0.231 e. The molecule has 0 radical (unpaired) electrons. The zero-order valence-electron chi connectivity index (χ0n) is 11.8. The van der Waals surface area contributed by atoms with Gasteiger partial charge < -0.3 is 5.73 Å². The second kappa shape index (κ2) is 7.04. The highest BCUT2D eigenvalue weighted by atomic mass is 16.1. The molecule has 1 unspecified atom stereocenters. The third-order valence-corrected chi connectivity index (χ3v) is 3.15. The molecule has 1 aromatic carbocycles. The number of hydrogen-bond donors (Lipinski definition) is 1. The molecule has 0 saturated heterocycles. The Labute approximate surface area is 114 Å². The molecule has 0 spiro atoms. The number of primary amides is 1. The van der Waals surface area contributed by atoms with Gasteiger partial charge in [0.25, 0.3) is 0 Å². The molecule has 0 aliphatic carbocycles. The van der Waals surface area contributed by atoms with E-state index in [1.165, 1.54) is 0 Å². The molecule has 0 saturated carbocycles. The highest BCUT2D eigenvalue weighted by Crippen LogP contribution is 2.15. The van der Waals surface area contributed by atoms with Crippen molar-refractivity contribution in [2.75, 3.05) is 6.54 Å². The summed E-state index contributed by atoms with van der Waals surface area (Å²) in [5.74, 6) is -0.369. The predicted octanol–water partition coefficient (Wildman–Crippen LogP) is 1.84. The maximum absolute atomic E-state index is 12.5. The molecule has 0 aromatic heterocycles. The number of Topliss-reactive ketones (excluding diaryl/α,β-unsaturated/α-hetero) is 1. The van der Waals surface area contributed by atoms with Crippen LogP contribution in [0.5, 0.6) is 0 Å². The monoisotopic (exact) mass is 262 g/mol. The van der Waals surface area contributed by atoms with Gasteiger partial charge in [0.05, 0.1) is 12.6 Å². The highest BCUT2D eigenvalue weighted by molar-refractivity contribution is 6.00. The fourth-order valence-corrected chi connectivity index (χ4v) is 2.20. The van der Waals surface area contributed by atoms with Crippen LogP contribution in [0.3, 0.4) is 0 Å². The summed E-state index contributed by atoms with van der Waals surface area (Å²) >= 11 is 0. The second-order valence-electron chi connectivity index (χ2n) is 4.89. The fraction of sp³-hybridized carbons (Fsp3) is 0.467. The molecule has 1 atom stereocenters. The van der Waals surface area contributed by atoms with Crippen LogP contribution in [-0.2, 0) is 4.79 Å². The minimum absolute atomic E-state index is 0.0399. The average molecular weight is 262 g/mol. The smallest absolute Gasteiger partial charge is 0.231 e. The van der Waals surface area contributed by atoms with Crippen molar-refractivity contribution in [3.05, 3.63) is 35.9 Å². The van der Waals surface area contributed by atoms with E-state index in [9.17, 15) is 9.59 Å². The molecule has 1 amide bonds. The van der Waals surface area contributed by atoms with Gasteiger partial charge in [0.15, 0.2) is 5.78 Å². The Morgan fingerprint density at radius 3 is 2.21 bits per heavy atom. The summed E-state index contributed by atoms with van der Waals surface area (Å²) in [6, 6.07) is 8.93. The van der Waals surface area contributed by atoms with Crippen LogP contribution in [0.2, 0.25) is 0 Å². The molecule has 104 valence electrons. The van der Waals surface area contributed by atoms with Crippen LogP contribution in [0.15, 0.2) is 30.3 Å². The van der Waals surface area contributed by atoms with Crippen LogP contribution < -0.4 is 5.73 Å². The Morgan fingerprint density at radius 1 is 1.21 bits per heavy atom. The van der Waals surface area contributed by atoms with Crippen LogP contribution in [0.1, 0.15) is 37.6 Å². The molecule has 1 aromatic rings. The minimum Gasteiger partial charge on any atom is -0.369 e. The van der Waals surface area contributed by atoms with E-state index in [4.69, 9.17) is 5.73 Å². The summed E-state index contributed by atoms with van der Waals surface area (Å²) in [4.78, 5) is 25.5. The Hall–Kier alpha value is -1.68. The Balaban J connectivity index is 2.97. The van der Waals surface area contributed by atoms with Crippen molar-refractivity contribution in [1.29, 1.82) is 0 Å². The van der Waals surface area contributed by atoms with Gasteiger partial charge >= 0.3 is 0 Å². The van der Waals surface area contributed by atoms with Crippen LogP contribution in [0.25, 0.3) is 0 Å². The number of nitrogens with zero attached hydrogens (tertiary/aromatic N) is 1. The molecular weight excluding hydrogens is 240 g/mol. The first-order valence-electron chi connectivity index (χ1n) is 6.60. The molecule has 0 fully saturated rings. The summed E-state index contributed by atoms with van der Waals surface area (Å²) in [5.41, 5.74) is 5.94. The zero-order chi connectivity index (χ0) is 14.4. The Kier molecular flexibility index (Phi) is 5.70. The van der Waals surface area contributed by atoms with Crippen molar-refractivity contribution in [2.45, 2.75) is 39.3 Å². The first-order valence-corrected chi connectivity index (χ1v) is 6.60. The third-order valence-electron chi connectivity index (χ3n) is 3.15. The SMILES string of the molecule is CCC(C(=O)c1ccccc1)N(CC(N)=O)C(C)C. The lowest BCUT2D eigenvalue weighted by atomic mass is 9.99. The van der Waals surface area contributed by atoms with E-state index in [1.807, 2.05) is 43.9 Å². The summed E-state index contributed by atoms with van der Waals surface area (Å²) in [6.45, 7) is 5.98. The lowest BCUT2D eigenvalue weighted by Gasteiger charge is -2.32. The van der Waals surface area contributed by atoms with Gasteiger partial charge in [-0.15, -0.1) is 0 Å². The van der Waals surface area contributed by atoms with Crippen LogP contribution >= 0.6 is 0 Å². The number of carbonyl (C=O) groups excluding carboxylic acids is 2. The maximum atomic E-state index is 12.5. The highest BCUT2D eigenvalue weighted by Gasteiger charge is 2.28. The van der Waals surface area contributed by atoms with Crippen molar-refractivity contribution in [3.63, 3.8) is 0 Å². The summed E-state index contributed by atoms with van der Waals surface area (Å²) in [7, 11) is 0. The topological polar surface area (TPSA) is 63.4 Å². The third kappa shape index (κ3) is 4.17. The van der Waals surface area contributed by atoms with Gasteiger partial charge in [0.2, 0.25) is 5.91 Å². The molecule has 0 heterocycles. The largest absolute Gasteiger partial charge is 0.369 e. The standard InChI is InChI=1S/C15H22N2O2/c1-4-13(17(11(2)3)10-14(16)18)15(19)12-8-6-5-7-9-12/h5-9,11,13H,4,10H2,1-3H3,(H2,16,18). The van der Waals surface area contributed by atoms with Gasteiger partial charge in [-0.2, -0.15) is 0 Å². The van der Waals surface area contributed by atoms with E-state index < -0.39 is 5.91 Å². The predicted molar refractivity (Wildman–Crippen MR) is 75.9 cm³/mol. The molecule has 0 bridgehead atoms. The van der Waals surface area contributed by atoms with Crippen molar-refractivity contribution in [2.24, 2.45) is 5.73 Å². The summed E-state index contributed by atoms with van der Waals surface area (Å²) < 4.78 is 0. The number of hydrogen-bond acceptors (Lipinski definition) is 3. The van der Waals surface area contributed by atoms with Gasteiger partial charge in [0, 0.05) is 11.6 Å². The number of rotatable bonds is 7. The van der Waals surface area contributed by atoms with E-state index in [2.05, 4.69) is 0 Å². The van der Waals surface area contributed by atoms with Crippen molar-refractivity contribution in [3.8, 4) is 0 Å². The van der Waals surface area contributed by atoms with E-state index >= 15 is 0 Å². The average Bonchev–Trinajstić information content (AvgIpc) is 2.38. The van der Waals surface area contributed by atoms with E-state index in [0.717, 1.165) is 0 Å². The minimum atomic E-state index is -0.409. The first kappa shape index (κ1) is 15.4. The second-order valence-corrected chi connectivity index (χ2v) is 4.89. The Morgan fingerprint density at radius 2 is 1.79 bits per heavy atom. The molecular formula is C15H22N2O2. The lowest BCUT2D eigenvalue weighted by molar-refractivity contribution is -0.120. The van der Waals surface area contributed by atoms with Gasteiger partial charge in [0.1, 0.15) is 0 Å². The summed E-state index contributed by atoms with van der Waals surface area (Å²) in [5, 5.41) is 0. The number of ketones is 1. The summed E-state index contributed by atoms with van der Waals surface area (Å²) in [6.07, 6.45) is 0.652. The van der Waals surface area contributed by atoms with Gasteiger partial charge in [-0.05, 0) is 20.3 Å². The fourth-order valence-electron chi connectivity index (χ4n) is 2.20. The Bertz CT molecular complexity index is 429. The number of benzene rings is 1. The molecule has 4 nitrogen and oxygen atoms in total. The van der Waals surface area contributed by atoms with Gasteiger partial charge in [-0.25, -0.2) is 0 Å². The van der Waals surface area contributed by atoms with Crippen molar-refractivity contribution >= 4 is 11.7 Å².